The van der Waals surface area contributed by atoms with E-state index in [-0.39, 0.29) is 5.91 Å². The standard InChI is InChI=1S/C23H29N3O2/c27-21-17-24-14-13-23(21,19-7-3-1-4-8-19)25-22(28)18-9-11-20(12-10-18)26-15-5-2-6-16-26/h1,3-4,7-12,21,24,27H,2,5-6,13-17H2,(H,25,28)/t21-,23+/m1/s1. The van der Waals surface area contributed by atoms with Gasteiger partial charge in [0, 0.05) is 30.9 Å². The van der Waals surface area contributed by atoms with Crippen LogP contribution in [0.5, 0.6) is 0 Å². The maximum absolute atomic E-state index is 13.1. The Labute approximate surface area is 166 Å². The van der Waals surface area contributed by atoms with Crippen LogP contribution in [0.15, 0.2) is 54.6 Å². The van der Waals surface area contributed by atoms with E-state index in [0.717, 1.165) is 25.2 Å². The molecule has 2 saturated heterocycles. The lowest BCUT2D eigenvalue weighted by molar-refractivity contribution is 0.0290. The smallest absolute Gasteiger partial charge is 0.252 e. The van der Waals surface area contributed by atoms with Gasteiger partial charge in [-0.1, -0.05) is 30.3 Å². The quantitative estimate of drug-likeness (QED) is 0.764. The normalized spacial score (nSPS) is 25.3. The number of carbonyl (C=O) groups is 1. The van der Waals surface area contributed by atoms with Crippen LogP contribution in [-0.4, -0.2) is 43.3 Å². The van der Waals surface area contributed by atoms with Gasteiger partial charge in [-0.25, -0.2) is 0 Å². The molecule has 0 aromatic heterocycles. The van der Waals surface area contributed by atoms with Crippen molar-refractivity contribution in [2.75, 3.05) is 31.1 Å². The number of nitrogens with one attached hydrogen (secondary N) is 2. The van der Waals surface area contributed by atoms with E-state index in [4.69, 9.17) is 0 Å². The zero-order valence-electron chi connectivity index (χ0n) is 16.2. The molecule has 2 atom stereocenters. The number of nitrogens with zero attached hydrogens (tertiary/aromatic N) is 1. The molecule has 2 aliphatic rings. The average molecular weight is 380 g/mol. The van der Waals surface area contributed by atoms with Gasteiger partial charge in [-0.2, -0.15) is 0 Å². The maximum atomic E-state index is 13.1. The molecule has 0 bridgehead atoms. The van der Waals surface area contributed by atoms with Crippen molar-refractivity contribution in [3.05, 3.63) is 65.7 Å². The minimum atomic E-state index is -0.769. The molecule has 3 N–H and O–H groups in total. The summed E-state index contributed by atoms with van der Waals surface area (Å²) in [5.74, 6) is -0.144. The van der Waals surface area contributed by atoms with Crippen molar-refractivity contribution in [2.45, 2.75) is 37.3 Å². The first-order chi connectivity index (χ1) is 13.7. The van der Waals surface area contributed by atoms with E-state index in [0.29, 0.717) is 18.5 Å². The van der Waals surface area contributed by atoms with Gasteiger partial charge in [-0.15, -0.1) is 0 Å². The zero-order chi connectivity index (χ0) is 19.4. The fourth-order valence-corrected chi connectivity index (χ4v) is 4.41. The predicted molar refractivity (Wildman–Crippen MR) is 112 cm³/mol. The first-order valence-electron chi connectivity index (χ1n) is 10.3. The van der Waals surface area contributed by atoms with Crippen molar-refractivity contribution in [2.24, 2.45) is 0 Å². The van der Waals surface area contributed by atoms with Gasteiger partial charge in [0.2, 0.25) is 0 Å². The van der Waals surface area contributed by atoms with E-state index in [1.54, 1.807) is 0 Å². The van der Waals surface area contributed by atoms with Crippen molar-refractivity contribution in [3.63, 3.8) is 0 Å². The summed E-state index contributed by atoms with van der Waals surface area (Å²) in [7, 11) is 0. The molecule has 5 nitrogen and oxygen atoms in total. The Balaban J connectivity index is 1.54. The Hall–Kier alpha value is -2.37. The minimum absolute atomic E-state index is 0.144. The second kappa shape index (κ2) is 8.33. The Bertz CT molecular complexity index is 787. The molecule has 2 fully saturated rings. The van der Waals surface area contributed by atoms with Gasteiger partial charge in [0.15, 0.2) is 0 Å². The van der Waals surface area contributed by atoms with Crippen molar-refractivity contribution >= 4 is 11.6 Å². The third-order valence-electron chi connectivity index (χ3n) is 6.08. The first kappa shape index (κ1) is 19.0. The number of carbonyl (C=O) groups excluding carboxylic acids is 1. The van der Waals surface area contributed by atoms with Gasteiger partial charge >= 0.3 is 0 Å². The van der Waals surface area contributed by atoms with Crippen LogP contribution in [0, 0.1) is 0 Å². The molecule has 1 amide bonds. The Morgan fingerprint density at radius 1 is 1.04 bits per heavy atom. The summed E-state index contributed by atoms with van der Waals surface area (Å²) in [6, 6.07) is 17.7. The van der Waals surface area contributed by atoms with Crippen molar-refractivity contribution in [3.8, 4) is 0 Å². The summed E-state index contributed by atoms with van der Waals surface area (Å²) in [6.07, 6.45) is 3.73. The topological polar surface area (TPSA) is 64.6 Å². The molecule has 0 spiro atoms. The van der Waals surface area contributed by atoms with Gasteiger partial charge in [-0.3, -0.25) is 4.79 Å². The van der Waals surface area contributed by atoms with E-state index in [9.17, 15) is 9.90 Å². The molecule has 28 heavy (non-hydrogen) atoms. The number of anilines is 1. The number of hydrogen-bond acceptors (Lipinski definition) is 4. The van der Waals surface area contributed by atoms with E-state index >= 15 is 0 Å². The molecule has 148 valence electrons. The number of hydrogen-bond donors (Lipinski definition) is 3. The fourth-order valence-electron chi connectivity index (χ4n) is 4.41. The summed E-state index contributed by atoms with van der Waals surface area (Å²) in [4.78, 5) is 15.5. The lowest BCUT2D eigenvalue weighted by Gasteiger charge is -2.43. The van der Waals surface area contributed by atoms with E-state index in [2.05, 4.69) is 15.5 Å². The first-order valence-corrected chi connectivity index (χ1v) is 10.3. The Kier molecular flexibility index (Phi) is 5.64. The molecule has 2 aliphatic heterocycles. The third-order valence-corrected chi connectivity index (χ3v) is 6.08. The van der Waals surface area contributed by atoms with Gasteiger partial charge in [0.25, 0.3) is 5.91 Å². The molecule has 2 aromatic rings. The molecule has 2 aromatic carbocycles. The monoisotopic (exact) mass is 379 g/mol. The third kappa shape index (κ3) is 3.77. The molecular weight excluding hydrogens is 350 g/mol. The highest BCUT2D eigenvalue weighted by molar-refractivity contribution is 5.95. The van der Waals surface area contributed by atoms with Crippen LogP contribution in [0.4, 0.5) is 5.69 Å². The van der Waals surface area contributed by atoms with Gasteiger partial charge in [0.1, 0.15) is 0 Å². The molecule has 0 radical (unpaired) electrons. The minimum Gasteiger partial charge on any atom is -0.389 e. The number of benzene rings is 2. The van der Waals surface area contributed by atoms with E-state index in [1.807, 2.05) is 54.6 Å². The van der Waals surface area contributed by atoms with Crippen LogP contribution < -0.4 is 15.5 Å². The molecule has 2 heterocycles. The van der Waals surface area contributed by atoms with Gasteiger partial charge < -0.3 is 20.6 Å². The van der Waals surface area contributed by atoms with Crippen LogP contribution in [0.25, 0.3) is 0 Å². The highest BCUT2D eigenvalue weighted by Crippen LogP contribution is 2.31. The van der Waals surface area contributed by atoms with Crippen LogP contribution >= 0.6 is 0 Å². The number of piperidine rings is 2. The molecule has 0 aliphatic carbocycles. The Morgan fingerprint density at radius 3 is 2.43 bits per heavy atom. The van der Waals surface area contributed by atoms with Crippen molar-refractivity contribution < 1.29 is 9.90 Å². The van der Waals surface area contributed by atoms with Crippen molar-refractivity contribution in [1.29, 1.82) is 0 Å². The zero-order valence-corrected chi connectivity index (χ0v) is 16.2. The maximum Gasteiger partial charge on any atom is 0.252 e. The number of aliphatic hydroxyl groups excluding tert-OH is 1. The SMILES string of the molecule is O=C(N[C@]1(c2ccccc2)CCNC[C@H]1O)c1ccc(N2CCCCC2)cc1. The van der Waals surface area contributed by atoms with Gasteiger partial charge in [0.05, 0.1) is 11.6 Å². The molecule has 0 unspecified atom stereocenters. The van der Waals surface area contributed by atoms with E-state index in [1.165, 1.54) is 24.9 Å². The van der Waals surface area contributed by atoms with Crippen molar-refractivity contribution in [1.82, 2.24) is 10.6 Å². The molecule has 4 rings (SSSR count). The average Bonchev–Trinajstić information content (AvgIpc) is 2.77. The summed E-state index contributed by atoms with van der Waals surface area (Å²) in [5.41, 5.74) is 1.98. The highest BCUT2D eigenvalue weighted by Gasteiger charge is 2.42. The molecular formula is C23H29N3O2. The number of amides is 1. The summed E-state index contributed by atoms with van der Waals surface area (Å²) in [6.45, 7) is 3.38. The second-order valence-corrected chi connectivity index (χ2v) is 7.86. The van der Waals surface area contributed by atoms with Crippen LogP contribution in [0.1, 0.15) is 41.6 Å². The summed E-state index contributed by atoms with van der Waals surface area (Å²) in [5, 5.41) is 17.2. The van der Waals surface area contributed by atoms with Crippen LogP contribution in [-0.2, 0) is 5.54 Å². The highest BCUT2D eigenvalue weighted by atomic mass is 16.3. The Morgan fingerprint density at radius 2 is 1.75 bits per heavy atom. The summed E-state index contributed by atoms with van der Waals surface area (Å²) < 4.78 is 0. The number of β-amino-alcohol motifs (C(OH)–C–C–N with tert-alkyl or cyclic N) is 1. The lowest BCUT2D eigenvalue weighted by atomic mass is 9.79. The lowest BCUT2D eigenvalue weighted by Crippen LogP contribution is -2.61. The van der Waals surface area contributed by atoms with Crippen LogP contribution in [0.2, 0.25) is 0 Å². The summed E-state index contributed by atoms with van der Waals surface area (Å²) >= 11 is 0. The fraction of sp³-hybridized carbons (Fsp3) is 0.435. The van der Waals surface area contributed by atoms with Gasteiger partial charge in [-0.05, 0) is 62.1 Å². The second-order valence-electron chi connectivity index (χ2n) is 7.86. The molecule has 5 heteroatoms. The number of aliphatic hydroxyl groups is 1. The van der Waals surface area contributed by atoms with E-state index < -0.39 is 11.6 Å². The largest absolute Gasteiger partial charge is 0.389 e. The number of rotatable bonds is 4. The van der Waals surface area contributed by atoms with Crippen LogP contribution in [0.3, 0.4) is 0 Å². The predicted octanol–water partition coefficient (Wildman–Crippen LogP) is 2.66. The molecule has 0 saturated carbocycles.